The smallest absolute Gasteiger partial charge is 0.294 e. The second-order valence-electron chi connectivity index (χ2n) is 5.07. The first kappa shape index (κ1) is 13.4. The molecule has 108 valence electrons. The average Bonchev–Trinajstić information content (AvgIpc) is 2.99. The first-order chi connectivity index (χ1) is 10.0. The van der Waals surface area contributed by atoms with Crippen LogP contribution in [0, 0.1) is 5.82 Å². The standard InChI is InChI=1S/C14H13FN4O2/c1-8(2)19-11(16-7-17-19)6-18-12-9(13(20)14(18)21)4-3-5-10(12)15/h3-5,7-8H,6H2,1-2H3. The van der Waals surface area contributed by atoms with E-state index >= 15 is 0 Å². The Hall–Kier alpha value is -2.57. The van der Waals surface area contributed by atoms with E-state index in [0.29, 0.717) is 5.82 Å². The van der Waals surface area contributed by atoms with Gasteiger partial charge in [0.2, 0.25) is 0 Å². The molecule has 0 aliphatic carbocycles. The number of ketones is 1. The number of hydrogen-bond donors (Lipinski definition) is 0. The van der Waals surface area contributed by atoms with Gasteiger partial charge in [-0.1, -0.05) is 6.07 Å². The Kier molecular flexibility index (Phi) is 3.04. The molecular weight excluding hydrogens is 275 g/mol. The lowest BCUT2D eigenvalue weighted by Crippen LogP contribution is -2.31. The lowest BCUT2D eigenvalue weighted by molar-refractivity contribution is -0.114. The molecule has 6 nitrogen and oxygen atoms in total. The Bertz CT molecular complexity index is 738. The van der Waals surface area contributed by atoms with E-state index in [2.05, 4.69) is 10.1 Å². The summed E-state index contributed by atoms with van der Waals surface area (Å²) in [6.45, 7) is 3.85. The van der Waals surface area contributed by atoms with Gasteiger partial charge in [0.1, 0.15) is 18.0 Å². The van der Waals surface area contributed by atoms with Crippen molar-refractivity contribution in [2.24, 2.45) is 0 Å². The van der Waals surface area contributed by atoms with Gasteiger partial charge < -0.3 is 0 Å². The van der Waals surface area contributed by atoms with Crippen molar-refractivity contribution in [1.82, 2.24) is 14.8 Å². The fourth-order valence-corrected chi connectivity index (χ4v) is 2.42. The summed E-state index contributed by atoms with van der Waals surface area (Å²) >= 11 is 0. The minimum atomic E-state index is -0.742. The normalized spacial score (nSPS) is 14.2. The number of amides is 1. The molecule has 7 heteroatoms. The first-order valence-electron chi connectivity index (χ1n) is 6.53. The number of halogens is 1. The minimum absolute atomic E-state index is 0.0106. The zero-order valence-electron chi connectivity index (χ0n) is 11.6. The maximum absolute atomic E-state index is 14.0. The summed E-state index contributed by atoms with van der Waals surface area (Å²) < 4.78 is 15.6. The molecule has 0 radical (unpaired) electrons. The fourth-order valence-electron chi connectivity index (χ4n) is 2.42. The van der Waals surface area contributed by atoms with E-state index < -0.39 is 17.5 Å². The van der Waals surface area contributed by atoms with Crippen LogP contribution in [0.2, 0.25) is 0 Å². The highest BCUT2D eigenvalue weighted by molar-refractivity contribution is 6.52. The third-order valence-corrected chi connectivity index (χ3v) is 3.38. The van der Waals surface area contributed by atoms with Crippen LogP contribution in [-0.2, 0) is 11.3 Å². The van der Waals surface area contributed by atoms with Crippen LogP contribution in [-0.4, -0.2) is 26.5 Å². The lowest BCUT2D eigenvalue weighted by atomic mass is 10.1. The number of aromatic nitrogens is 3. The average molecular weight is 288 g/mol. The number of Topliss-reactive ketones (excluding diaryl/α,β-unsaturated/α-hetero) is 1. The topological polar surface area (TPSA) is 68.1 Å². The maximum Gasteiger partial charge on any atom is 0.299 e. The van der Waals surface area contributed by atoms with Crippen molar-refractivity contribution < 1.29 is 14.0 Å². The molecule has 2 heterocycles. The molecule has 0 unspecified atom stereocenters. The van der Waals surface area contributed by atoms with Crippen LogP contribution in [0.4, 0.5) is 10.1 Å². The molecule has 0 bridgehead atoms. The number of fused-ring (bicyclic) bond motifs is 1. The van der Waals surface area contributed by atoms with Gasteiger partial charge in [0, 0.05) is 6.04 Å². The lowest BCUT2D eigenvalue weighted by Gasteiger charge is -2.18. The van der Waals surface area contributed by atoms with Gasteiger partial charge in [0.15, 0.2) is 0 Å². The van der Waals surface area contributed by atoms with Crippen LogP contribution >= 0.6 is 0 Å². The fraction of sp³-hybridized carbons (Fsp3) is 0.286. The summed E-state index contributed by atoms with van der Waals surface area (Å²) in [5.74, 6) is -1.53. The Morgan fingerprint density at radius 1 is 1.29 bits per heavy atom. The Balaban J connectivity index is 2.03. The van der Waals surface area contributed by atoms with Crippen molar-refractivity contribution in [3.63, 3.8) is 0 Å². The molecule has 3 rings (SSSR count). The molecule has 1 aromatic heterocycles. The summed E-state index contributed by atoms with van der Waals surface area (Å²) in [6.07, 6.45) is 1.37. The molecule has 1 aromatic carbocycles. The molecule has 1 aliphatic rings. The van der Waals surface area contributed by atoms with E-state index in [1.54, 1.807) is 4.68 Å². The molecule has 0 saturated carbocycles. The van der Waals surface area contributed by atoms with Gasteiger partial charge in [-0.25, -0.2) is 14.1 Å². The molecule has 2 aromatic rings. The van der Waals surface area contributed by atoms with Crippen molar-refractivity contribution in [2.75, 3.05) is 4.90 Å². The minimum Gasteiger partial charge on any atom is -0.294 e. The Morgan fingerprint density at radius 2 is 2.05 bits per heavy atom. The van der Waals surface area contributed by atoms with Gasteiger partial charge in [-0.2, -0.15) is 5.10 Å². The molecular formula is C14H13FN4O2. The molecule has 0 spiro atoms. The third-order valence-electron chi connectivity index (χ3n) is 3.38. The summed E-state index contributed by atoms with van der Waals surface area (Å²) in [4.78, 5) is 29.2. The predicted octanol–water partition coefficient (Wildman–Crippen LogP) is 1.73. The van der Waals surface area contributed by atoms with Gasteiger partial charge in [0.05, 0.1) is 17.8 Å². The number of anilines is 1. The van der Waals surface area contributed by atoms with Gasteiger partial charge in [-0.3, -0.25) is 14.5 Å². The van der Waals surface area contributed by atoms with E-state index in [9.17, 15) is 14.0 Å². The number of para-hydroxylation sites is 1. The van der Waals surface area contributed by atoms with Gasteiger partial charge in [-0.15, -0.1) is 0 Å². The van der Waals surface area contributed by atoms with Crippen molar-refractivity contribution in [1.29, 1.82) is 0 Å². The van der Waals surface area contributed by atoms with E-state index in [-0.39, 0.29) is 23.8 Å². The molecule has 0 fully saturated rings. The molecule has 21 heavy (non-hydrogen) atoms. The van der Waals surface area contributed by atoms with Crippen molar-refractivity contribution in [2.45, 2.75) is 26.4 Å². The van der Waals surface area contributed by atoms with Crippen LogP contribution in [0.25, 0.3) is 0 Å². The van der Waals surface area contributed by atoms with Crippen molar-refractivity contribution in [3.8, 4) is 0 Å². The van der Waals surface area contributed by atoms with E-state index in [1.807, 2.05) is 13.8 Å². The number of carbonyl (C=O) groups excluding carboxylic acids is 2. The van der Waals surface area contributed by atoms with Crippen LogP contribution in [0.3, 0.4) is 0 Å². The summed E-state index contributed by atoms with van der Waals surface area (Å²) in [7, 11) is 0. The zero-order valence-corrected chi connectivity index (χ0v) is 11.6. The highest BCUT2D eigenvalue weighted by atomic mass is 19.1. The Labute approximate surface area is 120 Å². The Morgan fingerprint density at radius 3 is 2.76 bits per heavy atom. The predicted molar refractivity (Wildman–Crippen MR) is 72.3 cm³/mol. The highest BCUT2D eigenvalue weighted by Crippen LogP contribution is 2.32. The molecule has 0 N–H and O–H groups in total. The van der Waals surface area contributed by atoms with Crippen LogP contribution in [0.5, 0.6) is 0 Å². The van der Waals surface area contributed by atoms with E-state index in [1.165, 1.54) is 24.5 Å². The number of benzene rings is 1. The zero-order chi connectivity index (χ0) is 15.1. The van der Waals surface area contributed by atoms with E-state index in [4.69, 9.17) is 0 Å². The quantitative estimate of drug-likeness (QED) is 0.807. The largest absolute Gasteiger partial charge is 0.299 e. The SMILES string of the molecule is CC(C)n1ncnc1CN1C(=O)C(=O)c2cccc(F)c21. The molecule has 1 aliphatic heterocycles. The van der Waals surface area contributed by atoms with Crippen molar-refractivity contribution in [3.05, 3.63) is 41.7 Å². The molecule has 1 amide bonds. The molecule has 0 atom stereocenters. The van der Waals surface area contributed by atoms with Crippen LogP contribution in [0.1, 0.15) is 36.1 Å². The van der Waals surface area contributed by atoms with Crippen molar-refractivity contribution >= 4 is 17.4 Å². The summed E-state index contributed by atoms with van der Waals surface area (Å²) in [6, 6.07) is 4.15. The number of hydrogen-bond acceptors (Lipinski definition) is 4. The highest BCUT2D eigenvalue weighted by Gasteiger charge is 2.38. The first-order valence-corrected chi connectivity index (χ1v) is 6.53. The van der Waals surface area contributed by atoms with E-state index in [0.717, 1.165) is 4.90 Å². The second kappa shape index (κ2) is 4.76. The monoisotopic (exact) mass is 288 g/mol. The maximum atomic E-state index is 14.0. The molecule has 0 saturated heterocycles. The van der Waals surface area contributed by atoms with Gasteiger partial charge >= 0.3 is 0 Å². The third kappa shape index (κ3) is 2.01. The summed E-state index contributed by atoms with van der Waals surface area (Å²) in [5, 5.41) is 4.07. The van der Waals surface area contributed by atoms with Gasteiger partial charge in [-0.05, 0) is 26.0 Å². The van der Waals surface area contributed by atoms with Crippen LogP contribution < -0.4 is 4.90 Å². The number of carbonyl (C=O) groups is 2. The number of rotatable bonds is 3. The van der Waals surface area contributed by atoms with Gasteiger partial charge in [0.25, 0.3) is 11.7 Å². The summed E-state index contributed by atoms with van der Waals surface area (Å²) in [5.41, 5.74) is 0.112. The second-order valence-corrected chi connectivity index (χ2v) is 5.07. The van der Waals surface area contributed by atoms with Crippen LogP contribution in [0.15, 0.2) is 24.5 Å². The number of nitrogens with zero attached hydrogens (tertiary/aromatic N) is 4.